The van der Waals surface area contributed by atoms with Crippen molar-refractivity contribution in [1.29, 1.82) is 0 Å². The van der Waals surface area contributed by atoms with Crippen LogP contribution in [0.1, 0.15) is 40.1 Å². The Bertz CT molecular complexity index is 668. The molecule has 1 aliphatic rings. The number of carbonyl (C=O) groups excluding carboxylic acids is 1. The molecule has 0 N–H and O–H groups in total. The zero-order chi connectivity index (χ0) is 14.8. The summed E-state index contributed by atoms with van der Waals surface area (Å²) in [5.74, 6) is 0.238. The molecule has 0 saturated heterocycles. The predicted molar refractivity (Wildman–Crippen MR) is 92.9 cm³/mol. The zero-order valence-corrected chi connectivity index (χ0v) is 13.9. The van der Waals surface area contributed by atoms with E-state index in [0.29, 0.717) is 0 Å². The van der Waals surface area contributed by atoms with Crippen molar-refractivity contribution in [1.82, 2.24) is 0 Å². The molecule has 0 aliphatic heterocycles. The first-order chi connectivity index (χ1) is 10.1. The first-order valence-corrected chi connectivity index (χ1v) is 8.95. The van der Waals surface area contributed by atoms with Crippen molar-refractivity contribution >= 4 is 40.6 Å². The second-order valence-electron chi connectivity index (χ2n) is 5.46. The average Bonchev–Trinajstić information content (AvgIpc) is 3.04. The minimum absolute atomic E-state index is 0.238. The number of carbonyl (C=O) groups is 1. The summed E-state index contributed by atoms with van der Waals surface area (Å²) < 4.78 is 0. The Kier molecular flexibility index (Phi) is 4.22. The highest BCUT2D eigenvalue weighted by Gasteiger charge is 2.21. The van der Waals surface area contributed by atoms with Crippen LogP contribution in [0.15, 0.2) is 34.0 Å². The molecule has 0 unspecified atom stereocenters. The molecule has 2 heterocycles. The first-order valence-electron chi connectivity index (χ1n) is 7.19. The fourth-order valence-corrected chi connectivity index (χ4v) is 4.33. The van der Waals surface area contributed by atoms with Crippen LogP contribution in [-0.2, 0) is 4.79 Å². The quantitative estimate of drug-likeness (QED) is 0.655. The maximum absolute atomic E-state index is 12.7. The molecule has 0 atom stereocenters. The molecule has 0 radical (unpaired) electrons. The van der Waals surface area contributed by atoms with Gasteiger partial charge >= 0.3 is 0 Å². The third kappa shape index (κ3) is 3.09. The monoisotopic (exact) mass is 314 g/mol. The highest BCUT2D eigenvalue weighted by Crippen LogP contribution is 2.31. The number of allylic oxidation sites excluding steroid dienone is 2. The van der Waals surface area contributed by atoms with Gasteiger partial charge in [-0.3, -0.25) is 4.79 Å². The summed E-state index contributed by atoms with van der Waals surface area (Å²) >= 11 is 3.42. The van der Waals surface area contributed by atoms with Crippen LogP contribution in [0.5, 0.6) is 0 Å². The summed E-state index contributed by atoms with van der Waals surface area (Å²) in [5, 5.41) is 4.17. The Labute approximate surface area is 133 Å². The fourth-order valence-electron chi connectivity index (χ4n) is 2.56. The normalized spacial score (nSPS) is 19.6. The lowest BCUT2D eigenvalue weighted by molar-refractivity contribution is -0.112. The van der Waals surface area contributed by atoms with Crippen molar-refractivity contribution in [2.24, 2.45) is 0 Å². The molecule has 2 aromatic heterocycles. The molecule has 1 fully saturated rings. The highest BCUT2D eigenvalue weighted by atomic mass is 32.1. The van der Waals surface area contributed by atoms with Crippen molar-refractivity contribution < 1.29 is 4.79 Å². The van der Waals surface area contributed by atoms with E-state index >= 15 is 0 Å². The summed E-state index contributed by atoms with van der Waals surface area (Å²) in [6.45, 7) is 4.20. The van der Waals surface area contributed by atoms with Crippen LogP contribution in [0.3, 0.4) is 0 Å². The molecule has 0 aromatic carbocycles. The van der Waals surface area contributed by atoms with Crippen molar-refractivity contribution in [3.63, 3.8) is 0 Å². The van der Waals surface area contributed by atoms with Gasteiger partial charge in [0.25, 0.3) is 0 Å². The molecular weight excluding hydrogens is 296 g/mol. The molecular formula is C18H18OS2. The van der Waals surface area contributed by atoms with Gasteiger partial charge in [0.2, 0.25) is 0 Å². The minimum atomic E-state index is 0.238. The topological polar surface area (TPSA) is 17.1 Å². The van der Waals surface area contributed by atoms with Gasteiger partial charge in [-0.1, -0.05) is 0 Å². The molecule has 0 amide bonds. The van der Waals surface area contributed by atoms with Crippen LogP contribution in [0.25, 0.3) is 12.2 Å². The van der Waals surface area contributed by atoms with Crippen LogP contribution in [0, 0.1) is 13.8 Å². The minimum Gasteiger partial charge on any atom is -0.289 e. The van der Waals surface area contributed by atoms with E-state index in [4.69, 9.17) is 0 Å². The van der Waals surface area contributed by atoms with Gasteiger partial charge in [0, 0.05) is 20.9 Å². The van der Waals surface area contributed by atoms with Crippen molar-refractivity contribution in [3.8, 4) is 0 Å². The van der Waals surface area contributed by atoms with Gasteiger partial charge in [0.05, 0.1) is 0 Å². The van der Waals surface area contributed by atoms with E-state index in [0.717, 1.165) is 30.4 Å². The summed E-state index contributed by atoms with van der Waals surface area (Å²) in [7, 11) is 0. The van der Waals surface area contributed by atoms with Crippen LogP contribution in [-0.4, -0.2) is 5.78 Å². The molecule has 0 spiro atoms. The second-order valence-corrected chi connectivity index (χ2v) is 7.35. The highest BCUT2D eigenvalue weighted by molar-refractivity contribution is 7.11. The number of hydrogen-bond donors (Lipinski definition) is 0. The number of rotatable bonds is 2. The molecule has 21 heavy (non-hydrogen) atoms. The summed E-state index contributed by atoms with van der Waals surface area (Å²) in [6.07, 6.45) is 7.05. The molecule has 2 aromatic rings. The van der Waals surface area contributed by atoms with Gasteiger partial charge in [-0.25, -0.2) is 0 Å². The average molecular weight is 314 g/mol. The van der Waals surface area contributed by atoms with Gasteiger partial charge in [-0.15, -0.1) is 22.7 Å². The molecule has 0 bridgehead atoms. The predicted octanol–water partition coefficient (Wildman–Crippen LogP) is 5.65. The van der Waals surface area contributed by atoms with Crippen LogP contribution in [0.4, 0.5) is 0 Å². The smallest absolute Gasteiger partial charge is 0.185 e. The molecule has 1 saturated carbocycles. The lowest BCUT2D eigenvalue weighted by Crippen LogP contribution is -2.12. The number of thiophene rings is 2. The number of Topliss-reactive ketones (excluding diaryl/α,β-unsaturated/α-hetero) is 1. The number of aryl methyl sites for hydroxylation is 2. The first kappa shape index (κ1) is 14.5. The SMILES string of the molecule is Cc1ccsc1/C=C1\CCC/C(=C\c2sccc2C)C1=O. The largest absolute Gasteiger partial charge is 0.289 e. The summed E-state index contributed by atoms with van der Waals surface area (Å²) in [4.78, 5) is 15.1. The van der Waals surface area contributed by atoms with Crippen molar-refractivity contribution in [3.05, 3.63) is 54.9 Å². The molecule has 3 rings (SSSR count). The second kappa shape index (κ2) is 6.12. The van der Waals surface area contributed by atoms with Crippen LogP contribution in [0.2, 0.25) is 0 Å². The Balaban J connectivity index is 1.91. The molecule has 108 valence electrons. The van der Waals surface area contributed by atoms with E-state index in [9.17, 15) is 4.79 Å². The van der Waals surface area contributed by atoms with Crippen LogP contribution < -0.4 is 0 Å². The molecule has 1 nitrogen and oxygen atoms in total. The maximum atomic E-state index is 12.7. The molecule has 3 heteroatoms. The van der Waals surface area contributed by atoms with Gasteiger partial charge in [-0.2, -0.15) is 0 Å². The number of ketones is 1. The van der Waals surface area contributed by atoms with E-state index in [2.05, 4.69) is 48.9 Å². The Morgan fingerprint density at radius 3 is 1.76 bits per heavy atom. The van der Waals surface area contributed by atoms with Crippen molar-refractivity contribution in [2.45, 2.75) is 33.1 Å². The molecule has 1 aliphatic carbocycles. The van der Waals surface area contributed by atoms with Gasteiger partial charge in [0.1, 0.15) is 0 Å². The van der Waals surface area contributed by atoms with E-state index in [1.165, 1.54) is 20.9 Å². The third-order valence-electron chi connectivity index (χ3n) is 3.89. The summed E-state index contributed by atoms with van der Waals surface area (Å²) in [5.41, 5.74) is 4.44. The van der Waals surface area contributed by atoms with Crippen molar-refractivity contribution in [2.75, 3.05) is 0 Å². The summed E-state index contributed by atoms with van der Waals surface area (Å²) in [6, 6.07) is 4.21. The number of hydrogen-bond acceptors (Lipinski definition) is 3. The van der Waals surface area contributed by atoms with E-state index < -0.39 is 0 Å². The zero-order valence-electron chi connectivity index (χ0n) is 12.3. The van der Waals surface area contributed by atoms with Gasteiger partial charge in [0.15, 0.2) is 5.78 Å². The third-order valence-corrected chi connectivity index (χ3v) is 5.82. The Morgan fingerprint density at radius 1 is 0.905 bits per heavy atom. The maximum Gasteiger partial charge on any atom is 0.185 e. The lowest BCUT2D eigenvalue weighted by atomic mass is 9.88. The standard InChI is InChI=1S/C18H18OS2/c1-12-6-8-20-16(12)10-14-4-3-5-15(18(14)19)11-17-13(2)7-9-21-17/h6-11H,3-5H2,1-2H3/b14-10+,15-11+. The van der Waals surface area contributed by atoms with E-state index in [-0.39, 0.29) is 5.78 Å². The van der Waals surface area contributed by atoms with Crippen LogP contribution >= 0.6 is 22.7 Å². The van der Waals surface area contributed by atoms with Gasteiger partial charge < -0.3 is 0 Å². The van der Waals surface area contributed by atoms with E-state index in [1.54, 1.807) is 22.7 Å². The Morgan fingerprint density at radius 2 is 1.38 bits per heavy atom. The fraction of sp³-hybridized carbons (Fsp3) is 0.278. The van der Waals surface area contributed by atoms with E-state index in [1.807, 2.05) is 0 Å². The van der Waals surface area contributed by atoms with Gasteiger partial charge in [-0.05, 0) is 79.3 Å². The Hall–Kier alpha value is -1.45. The lowest BCUT2D eigenvalue weighted by Gasteiger charge is -2.16.